The Morgan fingerprint density at radius 1 is 0.926 bits per heavy atom. The van der Waals surface area contributed by atoms with Crippen LogP contribution >= 0.6 is 79.6 Å². The summed E-state index contributed by atoms with van der Waals surface area (Å²) in [5.74, 6) is -0.0401. The SMILES string of the molecule is Cc1cc(N)ccc1Br.Cc1cc(NC(=O)CBr)ccc1Br.O=C(Br)CBr. The molecule has 0 fully saturated rings. The molecule has 4 nitrogen and oxygen atoms in total. The zero-order valence-electron chi connectivity index (χ0n) is 14.7. The van der Waals surface area contributed by atoms with E-state index in [0.29, 0.717) is 10.7 Å². The van der Waals surface area contributed by atoms with Crippen LogP contribution in [0.15, 0.2) is 45.3 Å². The second kappa shape index (κ2) is 14.7. The molecule has 0 bridgehead atoms. The number of carbonyl (C=O) groups excluding carboxylic acids is 2. The van der Waals surface area contributed by atoms with E-state index in [2.05, 4.69) is 85.0 Å². The molecule has 27 heavy (non-hydrogen) atoms. The number of nitrogens with one attached hydrogen (secondary N) is 1. The van der Waals surface area contributed by atoms with Crippen molar-refractivity contribution in [3.05, 3.63) is 56.5 Å². The Balaban J connectivity index is 0.000000419. The van der Waals surface area contributed by atoms with Crippen molar-refractivity contribution < 1.29 is 9.59 Å². The van der Waals surface area contributed by atoms with Gasteiger partial charge in [0.05, 0.1) is 10.7 Å². The quantitative estimate of drug-likeness (QED) is 0.213. The van der Waals surface area contributed by atoms with Gasteiger partial charge in [-0.2, -0.15) is 0 Å². The van der Waals surface area contributed by atoms with Crippen LogP contribution in [0.5, 0.6) is 0 Å². The van der Waals surface area contributed by atoms with Gasteiger partial charge < -0.3 is 11.1 Å². The van der Waals surface area contributed by atoms with Crippen molar-refractivity contribution in [1.29, 1.82) is 0 Å². The summed E-state index contributed by atoms with van der Waals surface area (Å²) in [6.45, 7) is 3.99. The fourth-order valence-corrected chi connectivity index (χ4v) is 2.22. The van der Waals surface area contributed by atoms with E-state index in [-0.39, 0.29) is 10.6 Å². The van der Waals surface area contributed by atoms with Gasteiger partial charge >= 0.3 is 0 Å². The predicted octanol–water partition coefficient (Wildman–Crippen LogP) is 6.73. The molecule has 2 aromatic carbocycles. The summed E-state index contributed by atoms with van der Waals surface area (Å²) in [5, 5.41) is 3.47. The molecule has 0 aliphatic carbocycles. The van der Waals surface area contributed by atoms with Crippen LogP contribution in [0.25, 0.3) is 0 Å². The molecule has 1 amide bonds. The average molecular weight is 695 g/mol. The zero-order valence-corrected chi connectivity index (χ0v) is 22.6. The lowest BCUT2D eigenvalue weighted by molar-refractivity contribution is -0.113. The second-order valence-electron chi connectivity index (χ2n) is 5.14. The van der Waals surface area contributed by atoms with Gasteiger partial charge in [-0.05, 0) is 77.3 Å². The fraction of sp³-hybridized carbons (Fsp3) is 0.222. The Kier molecular flexibility index (Phi) is 14.6. The first-order valence-corrected chi connectivity index (χ1v) is 12.1. The van der Waals surface area contributed by atoms with Crippen molar-refractivity contribution in [2.24, 2.45) is 0 Å². The van der Waals surface area contributed by atoms with Crippen molar-refractivity contribution in [2.75, 3.05) is 21.7 Å². The number of benzene rings is 2. The molecular formula is C18H19Br5N2O2. The van der Waals surface area contributed by atoms with E-state index in [1.807, 2.05) is 50.2 Å². The van der Waals surface area contributed by atoms with Crippen molar-refractivity contribution >= 4 is 102 Å². The van der Waals surface area contributed by atoms with Gasteiger partial charge in [-0.1, -0.05) is 63.7 Å². The Hall–Kier alpha value is -0.220. The predicted molar refractivity (Wildman–Crippen MR) is 132 cm³/mol. The Labute approximate surface area is 201 Å². The van der Waals surface area contributed by atoms with Crippen molar-refractivity contribution in [1.82, 2.24) is 0 Å². The molecule has 2 rings (SSSR count). The van der Waals surface area contributed by atoms with Gasteiger partial charge in [0.2, 0.25) is 10.6 Å². The standard InChI is InChI=1S/C9H9Br2NO.C7H8BrN.C2H2Br2O/c1-6-4-7(2-3-8(6)11)12-9(13)5-10;1-5-4-6(9)2-3-7(5)8;3-1-2(4)5/h2-4H,5H2,1H3,(H,12,13);2-4H,9H2,1H3;1H2. The molecule has 0 heterocycles. The van der Waals surface area contributed by atoms with Gasteiger partial charge in [0.1, 0.15) is 0 Å². The molecule has 0 aromatic heterocycles. The van der Waals surface area contributed by atoms with Crippen LogP contribution in [0.4, 0.5) is 11.4 Å². The van der Waals surface area contributed by atoms with Gasteiger partial charge in [0.15, 0.2) is 0 Å². The Morgan fingerprint density at radius 3 is 1.78 bits per heavy atom. The number of aryl methyl sites for hydroxylation is 2. The molecule has 0 spiro atoms. The van der Waals surface area contributed by atoms with Crippen LogP contribution in [-0.4, -0.2) is 21.3 Å². The van der Waals surface area contributed by atoms with E-state index in [1.165, 1.54) is 5.56 Å². The van der Waals surface area contributed by atoms with Gasteiger partial charge in [0.25, 0.3) is 0 Å². The van der Waals surface area contributed by atoms with Crippen molar-refractivity contribution in [3.63, 3.8) is 0 Å². The molecule has 0 aliphatic heterocycles. The number of hydrogen-bond acceptors (Lipinski definition) is 3. The van der Waals surface area contributed by atoms with E-state index in [4.69, 9.17) is 5.73 Å². The van der Waals surface area contributed by atoms with Crippen LogP contribution in [-0.2, 0) is 9.59 Å². The highest BCUT2D eigenvalue weighted by atomic mass is 79.9. The molecule has 3 N–H and O–H groups in total. The van der Waals surface area contributed by atoms with E-state index in [1.54, 1.807) is 0 Å². The molecule has 0 saturated heterocycles. The van der Waals surface area contributed by atoms with Crippen molar-refractivity contribution in [3.8, 4) is 0 Å². The number of hydrogen-bond donors (Lipinski definition) is 2. The minimum Gasteiger partial charge on any atom is -0.399 e. The van der Waals surface area contributed by atoms with Gasteiger partial charge in [-0.25, -0.2) is 0 Å². The summed E-state index contributed by atoms with van der Waals surface area (Å²) in [4.78, 5) is 20.7. The highest BCUT2D eigenvalue weighted by Gasteiger charge is 2.00. The first-order chi connectivity index (χ1) is 12.6. The summed E-state index contributed by atoms with van der Waals surface area (Å²) < 4.78 is 2.14. The summed E-state index contributed by atoms with van der Waals surface area (Å²) in [6, 6.07) is 11.5. The van der Waals surface area contributed by atoms with Gasteiger partial charge in [0, 0.05) is 20.3 Å². The number of nitrogen functional groups attached to an aromatic ring is 1. The molecule has 2 aromatic rings. The summed E-state index contributed by atoms with van der Waals surface area (Å²) >= 11 is 15.5. The third-order valence-electron chi connectivity index (χ3n) is 2.85. The lowest BCUT2D eigenvalue weighted by Crippen LogP contribution is -2.12. The highest BCUT2D eigenvalue weighted by Crippen LogP contribution is 2.20. The topological polar surface area (TPSA) is 72.2 Å². The fourth-order valence-electron chi connectivity index (χ4n) is 1.58. The lowest BCUT2D eigenvalue weighted by Gasteiger charge is -2.04. The van der Waals surface area contributed by atoms with Crippen LogP contribution in [0.1, 0.15) is 11.1 Å². The van der Waals surface area contributed by atoms with E-state index in [9.17, 15) is 9.59 Å². The van der Waals surface area contributed by atoms with Crippen LogP contribution in [0.3, 0.4) is 0 Å². The summed E-state index contributed by atoms with van der Waals surface area (Å²) in [6.07, 6.45) is 0. The minimum absolute atomic E-state index is 0.0162. The number of carbonyl (C=O) groups is 2. The van der Waals surface area contributed by atoms with Crippen molar-refractivity contribution in [2.45, 2.75) is 13.8 Å². The number of amides is 1. The average Bonchev–Trinajstić information content (AvgIpc) is 2.62. The van der Waals surface area contributed by atoms with Crippen LogP contribution in [0, 0.1) is 13.8 Å². The van der Waals surface area contributed by atoms with E-state index in [0.717, 1.165) is 25.9 Å². The van der Waals surface area contributed by atoms with Crippen LogP contribution < -0.4 is 11.1 Å². The first-order valence-electron chi connectivity index (χ1n) is 7.48. The van der Waals surface area contributed by atoms with E-state index >= 15 is 0 Å². The minimum atomic E-state index is -0.0401. The molecule has 148 valence electrons. The normalized spacial score (nSPS) is 9.30. The smallest absolute Gasteiger partial charge is 0.235 e. The molecule has 0 saturated carbocycles. The summed E-state index contributed by atoms with van der Waals surface area (Å²) in [7, 11) is 0. The number of halogens is 5. The third kappa shape index (κ3) is 12.8. The second-order valence-corrected chi connectivity index (χ2v) is 8.86. The number of nitrogens with two attached hydrogens (primary N) is 1. The monoisotopic (exact) mass is 690 g/mol. The lowest BCUT2D eigenvalue weighted by atomic mass is 10.2. The number of alkyl halides is 2. The number of rotatable bonds is 3. The van der Waals surface area contributed by atoms with E-state index < -0.39 is 0 Å². The highest BCUT2D eigenvalue weighted by molar-refractivity contribution is 9.19. The third-order valence-corrected chi connectivity index (χ3v) is 6.68. The largest absolute Gasteiger partial charge is 0.399 e. The Morgan fingerprint density at radius 2 is 1.41 bits per heavy atom. The number of anilines is 2. The maximum absolute atomic E-state index is 11.0. The molecule has 0 radical (unpaired) electrons. The zero-order chi connectivity index (χ0) is 21.0. The maximum Gasteiger partial charge on any atom is 0.235 e. The van der Waals surface area contributed by atoms with Crippen LogP contribution in [0.2, 0.25) is 0 Å². The Bertz CT molecular complexity index is 769. The molecule has 0 unspecified atom stereocenters. The van der Waals surface area contributed by atoms with Gasteiger partial charge in [-0.15, -0.1) is 0 Å². The molecule has 9 heteroatoms. The first kappa shape index (κ1) is 26.8. The van der Waals surface area contributed by atoms with Gasteiger partial charge in [-0.3, -0.25) is 9.59 Å². The summed E-state index contributed by atoms with van der Waals surface area (Å²) in [5.41, 5.74) is 9.43. The maximum atomic E-state index is 11.0. The molecule has 0 atom stereocenters. The molecule has 0 aliphatic rings. The molecular weight excluding hydrogens is 676 g/mol.